The molecule has 1 amide bonds. The molecule has 0 aliphatic carbocycles. The van der Waals surface area contributed by atoms with Crippen molar-refractivity contribution in [3.05, 3.63) is 64.4 Å². The monoisotopic (exact) mass is 409 g/mol. The van der Waals surface area contributed by atoms with Crippen LogP contribution in [0.1, 0.15) is 5.56 Å². The van der Waals surface area contributed by atoms with Gasteiger partial charge in [-0.2, -0.15) is 5.10 Å². The molecule has 156 valence electrons. The third-order valence-corrected chi connectivity index (χ3v) is 4.46. The van der Waals surface area contributed by atoms with E-state index in [9.17, 15) is 9.59 Å². The first-order valence-electron chi connectivity index (χ1n) is 9.20. The minimum atomic E-state index is -0.417. The molecule has 0 aliphatic heterocycles. The van der Waals surface area contributed by atoms with E-state index in [4.69, 9.17) is 14.2 Å². The van der Waals surface area contributed by atoms with Crippen LogP contribution in [0.3, 0.4) is 0 Å². The zero-order valence-corrected chi connectivity index (χ0v) is 17.3. The van der Waals surface area contributed by atoms with Crippen LogP contribution in [0.25, 0.3) is 11.3 Å². The maximum atomic E-state index is 12.6. The average molecular weight is 409 g/mol. The highest BCUT2D eigenvalue weighted by atomic mass is 16.5. The number of rotatable bonds is 7. The molecule has 30 heavy (non-hydrogen) atoms. The number of aromatic nitrogens is 2. The molecule has 0 saturated carbocycles. The molecule has 0 aliphatic rings. The van der Waals surface area contributed by atoms with Gasteiger partial charge in [-0.15, -0.1) is 0 Å². The van der Waals surface area contributed by atoms with E-state index in [1.807, 2.05) is 31.2 Å². The SMILES string of the molecule is COc1cc(NC(=O)Cn2nc(-c3ccc(C)cc3)ccc2=O)cc(OC)c1OC. The Morgan fingerprint density at radius 2 is 1.60 bits per heavy atom. The molecule has 1 aromatic heterocycles. The van der Waals surface area contributed by atoms with Crippen LogP contribution >= 0.6 is 0 Å². The van der Waals surface area contributed by atoms with Crippen LogP contribution < -0.4 is 25.1 Å². The summed E-state index contributed by atoms with van der Waals surface area (Å²) in [5.74, 6) is 0.814. The predicted octanol–water partition coefficient (Wildman–Crippen LogP) is 2.88. The van der Waals surface area contributed by atoms with Gasteiger partial charge in [0.05, 0.1) is 27.0 Å². The van der Waals surface area contributed by atoms with Gasteiger partial charge in [0, 0.05) is 29.4 Å². The zero-order valence-electron chi connectivity index (χ0n) is 17.3. The molecule has 1 N–H and O–H groups in total. The van der Waals surface area contributed by atoms with E-state index in [1.54, 1.807) is 18.2 Å². The van der Waals surface area contributed by atoms with Crippen molar-refractivity contribution in [1.29, 1.82) is 0 Å². The van der Waals surface area contributed by atoms with Gasteiger partial charge in [-0.3, -0.25) is 9.59 Å². The van der Waals surface area contributed by atoms with Crippen molar-refractivity contribution >= 4 is 11.6 Å². The second-order valence-corrected chi connectivity index (χ2v) is 6.54. The zero-order chi connectivity index (χ0) is 21.7. The molecule has 0 bridgehead atoms. The van der Waals surface area contributed by atoms with Crippen LogP contribution in [-0.2, 0) is 11.3 Å². The van der Waals surface area contributed by atoms with Crippen molar-refractivity contribution in [3.63, 3.8) is 0 Å². The lowest BCUT2D eigenvalue weighted by Gasteiger charge is -2.15. The molecule has 2 aromatic carbocycles. The highest BCUT2D eigenvalue weighted by Gasteiger charge is 2.15. The number of benzene rings is 2. The molecular weight excluding hydrogens is 386 g/mol. The normalized spacial score (nSPS) is 10.4. The molecule has 0 fully saturated rings. The fraction of sp³-hybridized carbons (Fsp3) is 0.227. The Morgan fingerprint density at radius 1 is 0.967 bits per heavy atom. The van der Waals surface area contributed by atoms with Gasteiger partial charge in [0.2, 0.25) is 11.7 Å². The summed E-state index contributed by atoms with van der Waals surface area (Å²) in [7, 11) is 4.48. The smallest absolute Gasteiger partial charge is 0.267 e. The largest absolute Gasteiger partial charge is 0.493 e. The molecule has 3 aromatic rings. The number of amides is 1. The van der Waals surface area contributed by atoms with Crippen molar-refractivity contribution in [3.8, 4) is 28.5 Å². The molecule has 0 unspecified atom stereocenters. The number of hydrogen-bond acceptors (Lipinski definition) is 6. The highest BCUT2D eigenvalue weighted by Crippen LogP contribution is 2.39. The van der Waals surface area contributed by atoms with Crippen LogP contribution in [0.15, 0.2) is 53.3 Å². The Bertz CT molecular complexity index is 1080. The standard InChI is InChI=1S/C22H23N3O5/c1-14-5-7-15(8-6-14)17-9-10-21(27)25(24-17)13-20(26)23-16-11-18(28-2)22(30-4)19(12-16)29-3/h5-12H,13H2,1-4H3,(H,23,26). The minimum Gasteiger partial charge on any atom is -0.493 e. The molecule has 0 spiro atoms. The third kappa shape index (κ3) is 4.60. The van der Waals surface area contributed by atoms with E-state index in [2.05, 4.69) is 10.4 Å². The summed E-state index contributed by atoms with van der Waals surface area (Å²) < 4.78 is 17.0. The lowest BCUT2D eigenvalue weighted by Crippen LogP contribution is -2.29. The number of nitrogens with one attached hydrogen (secondary N) is 1. The summed E-state index contributed by atoms with van der Waals surface area (Å²) in [6.45, 7) is 1.75. The first-order valence-corrected chi connectivity index (χ1v) is 9.20. The Balaban J connectivity index is 1.82. The second-order valence-electron chi connectivity index (χ2n) is 6.54. The van der Waals surface area contributed by atoms with Crippen LogP contribution in [0.5, 0.6) is 17.2 Å². The van der Waals surface area contributed by atoms with Crippen molar-refractivity contribution in [1.82, 2.24) is 9.78 Å². The Kier molecular flexibility index (Phi) is 6.36. The molecule has 8 nitrogen and oxygen atoms in total. The number of anilines is 1. The van der Waals surface area contributed by atoms with Gasteiger partial charge in [0.15, 0.2) is 11.5 Å². The number of aryl methyl sites for hydroxylation is 1. The van der Waals surface area contributed by atoms with Gasteiger partial charge < -0.3 is 19.5 Å². The summed E-state index contributed by atoms with van der Waals surface area (Å²) >= 11 is 0. The van der Waals surface area contributed by atoms with E-state index in [0.29, 0.717) is 28.6 Å². The maximum Gasteiger partial charge on any atom is 0.267 e. The minimum absolute atomic E-state index is 0.241. The summed E-state index contributed by atoms with van der Waals surface area (Å²) in [5, 5.41) is 7.05. The molecule has 0 saturated heterocycles. The first-order chi connectivity index (χ1) is 14.4. The molecule has 1 heterocycles. The Morgan fingerprint density at radius 3 is 2.17 bits per heavy atom. The Hall–Kier alpha value is -3.81. The summed E-state index contributed by atoms with van der Waals surface area (Å²) in [5.41, 5.74) is 2.66. The van der Waals surface area contributed by atoms with Crippen molar-refractivity contribution < 1.29 is 19.0 Å². The number of hydrogen-bond donors (Lipinski definition) is 1. The maximum absolute atomic E-state index is 12.6. The van der Waals surface area contributed by atoms with E-state index in [-0.39, 0.29) is 12.1 Å². The van der Waals surface area contributed by atoms with E-state index < -0.39 is 5.91 Å². The predicted molar refractivity (Wildman–Crippen MR) is 113 cm³/mol. The van der Waals surface area contributed by atoms with E-state index in [0.717, 1.165) is 15.8 Å². The summed E-state index contributed by atoms with van der Waals surface area (Å²) in [4.78, 5) is 24.7. The van der Waals surface area contributed by atoms with Crippen molar-refractivity contribution in [2.24, 2.45) is 0 Å². The van der Waals surface area contributed by atoms with Crippen LogP contribution in [0, 0.1) is 6.92 Å². The number of nitrogens with zero attached hydrogens (tertiary/aromatic N) is 2. The van der Waals surface area contributed by atoms with Gasteiger partial charge in [-0.25, -0.2) is 4.68 Å². The fourth-order valence-corrected chi connectivity index (χ4v) is 2.93. The van der Waals surface area contributed by atoms with Crippen LogP contribution in [0.4, 0.5) is 5.69 Å². The number of ether oxygens (including phenoxy) is 3. The number of carbonyl (C=O) groups excluding carboxylic acids is 1. The number of carbonyl (C=O) groups is 1. The Labute approximate surface area is 174 Å². The molecule has 3 rings (SSSR count). The molecular formula is C22H23N3O5. The van der Waals surface area contributed by atoms with Crippen molar-refractivity contribution in [2.45, 2.75) is 13.5 Å². The highest BCUT2D eigenvalue weighted by molar-refractivity contribution is 5.91. The van der Waals surface area contributed by atoms with Crippen molar-refractivity contribution in [2.75, 3.05) is 26.6 Å². The first kappa shape index (κ1) is 20.9. The van der Waals surface area contributed by atoms with Gasteiger partial charge >= 0.3 is 0 Å². The summed E-state index contributed by atoms with van der Waals surface area (Å²) in [6.07, 6.45) is 0. The van der Waals surface area contributed by atoms with Gasteiger partial charge in [-0.1, -0.05) is 29.8 Å². The quantitative estimate of drug-likeness (QED) is 0.645. The summed E-state index contributed by atoms with van der Waals surface area (Å²) in [6, 6.07) is 14.0. The van der Waals surface area contributed by atoms with E-state index in [1.165, 1.54) is 27.4 Å². The molecule has 0 atom stereocenters. The van der Waals surface area contributed by atoms with E-state index >= 15 is 0 Å². The fourth-order valence-electron chi connectivity index (χ4n) is 2.93. The lowest BCUT2D eigenvalue weighted by atomic mass is 10.1. The molecule has 8 heteroatoms. The van der Waals surface area contributed by atoms with Crippen LogP contribution in [-0.4, -0.2) is 37.0 Å². The van der Waals surface area contributed by atoms with Gasteiger partial charge in [-0.05, 0) is 13.0 Å². The topological polar surface area (TPSA) is 91.7 Å². The van der Waals surface area contributed by atoms with Crippen LogP contribution in [0.2, 0.25) is 0 Å². The number of methoxy groups -OCH3 is 3. The van der Waals surface area contributed by atoms with Gasteiger partial charge in [0.25, 0.3) is 5.56 Å². The molecule has 0 radical (unpaired) electrons. The van der Waals surface area contributed by atoms with Gasteiger partial charge in [0.1, 0.15) is 6.54 Å². The second kappa shape index (κ2) is 9.13. The average Bonchev–Trinajstić information content (AvgIpc) is 2.75. The lowest BCUT2D eigenvalue weighted by molar-refractivity contribution is -0.117. The third-order valence-electron chi connectivity index (χ3n) is 4.46.